The maximum absolute atomic E-state index is 11.7. The van der Waals surface area contributed by atoms with Gasteiger partial charge in [0.15, 0.2) is 0 Å². The second kappa shape index (κ2) is 7.13. The zero-order valence-electron chi connectivity index (χ0n) is 15.0. The van der Waals surface area contributed by atoms with Crippen LogP contribution in [-0.4, -0.2) is 35.1 Å². The molecule has 1 saturated carbocycles. The third-order valence-corrected chi connectivity index (χ3v) is 6.28. The first-order valence-corrected chi connectivity index (χ1v) is 8.56. The number of carbonyl (C=O) groups is 1. The van der Waals surface area contributed by atoms with E-state index in [2.05, 4.69) is 53.5 Å². The monoisotopic (exact) mass is 297 g/mol. The van der Waals surface area contributed by atoms with Crippen LogP contribution in [0.3, 0.4) is 0 Å². The van der Waals surface area contributed by atoms with Gasteiger partial charge >= 0.3 is 5.97 Å². The molecule has 0 aliphatic heterocycles. The van der Waals surface area contributed by atoms with Crippen molar-refractivity contribution in [1.82, 2.24) is 4.90 Å². The predicted octanol–water partition coefficient (Wildman–Crippen LogP) is 4.27. The first-order valence-electron chi connectivity index (χ1n) is 8.56. The summed E-state index contributed by atoms with van der Waals surface area (Å²) in [5.74, 6) is 0.351. The molecule has 0 aromatic heterocycles. The molecule has 0 spiro atoms. The Morgan fingerprint density at radius 3 is 2.29 bits per heavy atom. The van der Waals surface area contributed by atoms with Gasteiger partial charge in [0.2, 0.25) is 0 Å². The molecular formula is C18H35NO2. The highest BCUT2D eigenvalue weighted by Crippen LogP contribution is 2.44. The van der Waals surface area contributed by atoms with E-state index in [9.17, 15) is 9.90 Å². The molecule has 3 heteroatoms. The summed E-state index contributed by atoms with van der Waals surface area (Å²) in [6.45, 7) is 13.6. The number of rotatable bonds is 6. The topological polar surface area (TPSA) is 40.5 Å². The van der Waals surface area contributed by atoms with Crippen LogP contribution in [0.1, 0.15) is 67.2 Å². The predicted molar refractivity (Wildman–Crippen MR) is 88.4 cm³/mol. The third-order valence-electron chi connectivity index (χ3n) is 6.28. The van der Waals surface area contributed by atoms with Crippen molar-refractivity contribution < 1.29 is 9.90 Å². The van der Waals surface area contributed by atoms with E-state index < -0.39 is 5.97 Å². The zero-order chi connectivity index (χ0) is 16.4. The molecule has 0 heterocycles. The van der Waals surface area contributed by atoms with Crippen LogP contribution in [0, 0.1) is 23.2 Å². The lowest BCUT2D eigenvalue weighted by molar-refractivity contribution is -0.147. The fraction of sp³-hybridized carbons (Fsp3) is 0.944. The highest BCUT2D eigenvalue weighted by molar-refractivity contribution is 5.71. The Morgan fingerprint density at radius 1 is 1.29 bits per heavy atom. The Morgan fingerprint density at radius 2 is 1.86 bits per heavy atom. The van der Waals surface area contributed by atoms with E-state index in [0.717, 1.165) is 25.7 Å². The van der Waals surface area contributed by atoms with E-state index in [1.54, 1.807) is 0 Å². The van der Waals surface area contributed by atoms with Crippen molar-refractivity contribution in [1.29, 1.82) is 0 Å². The Balaban J connectivity index is 2.94. The second-order valence-corrected chi connectivity index (χ2v) is 8.01. The van der Waals surface area contributed by atoms with Crippen molar-refractivity contribution >= 4 is 5.97 Å². The van der Waals surface area contributed by atoms with Crippen molar-refractivity contribution in [2.75, 3.05) is 7.05 Å². The van der Waals surface area contributed by atoms with E-state index in [-0.39, 0.29) is 12.0 Å². The molecule has 0 radical (unpaired) electrons. The minimum atomic E-state index is -0.615. The number of carboxylic acids is 1. The molecule has 4 unspecified atom stereocenters. The van der Waals surface area contributed by atoms with Gasteiger partial charge in [-0.1, -0.05) is 41.0 Å². The Bertz CT molecular complexity index is 351. The molecule has 1 aliphatic carbocycles. The molecule has 0 aromatic rings. The Labute approximate surface area is 131 Å². The summed E-state index contributed by atoms with van der Waals surface area (Å²) in [4.78, 5) is 14.0. The lowest BCUT2D eigenvalue weighted by atomic mass is 9.65. The molecule has 0 bridgehead atoms. The van der Waals surface area contributed by atoms with Crippen LogP contribution in [-0.2, 0) is 4.79 Å². The van der Waals surface area contributed by atoms with Gasteiger partial charge in [-0.2, -0.15) is 0 Å². The lowest BCUT2D eigenvalue weighted by Crippen LogP contribution is -2.51. The molecule has 124 valence electrons. The SMILES string of the molecule is CCC(C)(C)C1CCC(C(=O)O)C(N(C)C(C)C(C)C)C1. The van der Waals surface area contributed by atoms with Crippen LogP contribution in [0.15, 0.2) is 0 Å². The fourth-order valence-electron chi connectivity index (χ4n) is 3.66. The van der Waals surface area contributed by atoms with Gasteiger partial charge in [0.1, 0.15) is 0 Å². The van der Waals surface area contributed by atoms with E-state index >= 15 is 0 Å². The van der Waals surface area contributed by atoms with Gasteiger partial charge in [-0.15, -0.1) is 0 Å². The van der Waals surface area contributed by atoms with Crippen LogP contribution in [0.4, 0.5) is 0 Å². The van der Waals surface area contributed by atoms with Crippen LogP contribution < -0.4 is 0 Å². The fourth-order valence-corrected chi connectivity index (χ4v) is 3.66. The standard InChI is InChI=1S/C18H35NO2/c1-8-18(5,6)14-9-10-15(17(20)21)16(11-14)19(7)13(4)12(2)3/h12-16H,8-11H2,1-7H3,(H,20,21). The molecule has 0 aromatic carbocycles. The highest BCUT2D eigenvalue weighted by atomic mass is 16.4. The summed E-state index contributed by atoms with van der Waals surface area (Å²) in [7, 11) is 2.12. The number of hydrogen-bond donors (Lipinski definition) is 1. The van der Waals surface area contributed by atoms with Crippen LogP contribution in [0.25, 0.3) is 0 Å². The summed E-state index contributed by atoms with van der Waals surface area (Å²) in [5.41, 5.74) is 0.309. The molecule has 3 nitrogen and oxygen atoms in total. The highest BCUT2D eigenvalue weighted by Gasteiger charge is 2.42. The Kier molecular flexibility index (Phi) is 6.27. The van der Waals surface area contributed by atoms with Gasteiger partial charge in [0.25, 0.3) is 0 Å². The average Bonchev–Trinajstić information content (AvgIpc) is 2.44. The van der Waals surface area contributed by atoms with Gasteiger partial charge < -0.3 is 5.11 Å². The molecule has 0 amide bonds. The first-order chi connectivity index (χ1) is 9.61. The number of hydrogen-bond acceptors (Lipinski definition) is 2. The molecule has 1 fully saturated rings. The Hall–Kier alpha value is -0.570. The van der Waals surface area contributed by atoms with Crippen LogP contribution >= 0.6 is 0 Å². The summed E-state index contributed by atoms with van der Waals surface area (Å²) < 4.78 is 0. The summed E-state index contributed by atoms with van der Waals surface area (Å²) in [6, 6.07) is 0.588. The third kappa shape index (κ3) is 4.21. The minimum Gasteiger partial charge on any atom is -0.481 e. The van der Waals surface area contributed by atoms with Crippen molar-refractivity contribution in [3.63, 3.8) is 0 Å². The first kappa shape index (κ1) is 18.5. The van der Waals surface area contributed by atoms with Gasteiger partial charge in [0.05, 0.1) is 5.92 Å². The lowest BCUT2D eigenvalue weighted by Gasteiger charge is -2.47. The van der Waals surface area contributed by atoms with Gasteiger partial charge in [0, 0.05) is 12.1 Å². The molecule has 0 saturated heterocycles. The van der Waals surface area contributed by atoms with Crippen molar-refractivity contribution in [2.24, 2.45) is 23.2 Å². The quantitative estimate of drug-likeness (QED) is 0.796. The van der Waals surface area contributed by atoms with Gasteiger partial charge in [-0.25, -0.2) is 0 Å². The number of aliphatic carboxylic acids is 1. The smallest absolute Gasteiger partial charge is 0.308 e. The molecule has 1 aliphatic rings. The van der Waals surface area contributed by atoms with Crippen molar-refractivity contribution in [3.8, 4) is 0 Å². The van der Waals surface area contributed by atoms with Gasteiger partial charge in [-0.3, -0.25) is 9.69 Å². The van der Waals surface area contributed by atoms with E-state index in [1.165, 1.54) is 0 Å². The molecule has 4 atom stereocenters. The molecule has 1 N–H and O–H groups in total. The largest absolute Gasteiger partial charge is 0.481 e. The van der Waals surface area contributed by atoms with E-state index in [4.69, 9.17) is 0 Å². The summed E-state index contributed by atoms with van der Waals surface area (Å²) in [5, 5.41) is 9.60. The summed E-state index contributed by atoms with van der Waals surface area (Å²) >= 11 is 0. The van der Waals surface area contributed by atoms with Crippen LogP contribution in [0.2, 0.25) is 0 Å². The maximum Gasteiger partial charge on any atom is 0.308 e. The van der Waals surface area contributed by atoms with E-state index in [1.807, 2.05) is 0 Å². The zero-order valence-corrected chi connectivity index (χ0v) is 15.0. The average molecular weight is 297 g/mol. The maximum atomic E-state index is 11.7. The normalized spacial score (nSPS) is 28.9. The minimum absolute atomic E-state index is 0.171. The van der Waals surface area contributed by atoms with Crippen molar-refractivity contribution in [2.45, 2.75) is 79.3 Å². The number of carboxylic acid groups (broad SMARTS) is 1. The summed E-state index contributed by atoms with van der Waals surface area (Å²) in [6.07, 6.45) is 4.05. The number of nitrogens with zero attached hydrogens (tertiary/aromatic N) is 1. The van der Waals surface area contributed by atoms with Crippen molar-refractivity contribution in [3.05, 3.63) is 0 Å². The van der Waals surface area contributed by atoms with Crippen LogP contribution in [0.5, 0.6) is 0 Å². The van der Waals surface area contributed by atoms with E-state index in [0.29, 0.717) is 23.3 Å². The second-order valence-electron chi connectivity index (χ2n) is 8.01. The molecular weight excluding hydrogens is 262 g/mol. The molecule has 1 rings (SSSR count). The van der Waals surface area contributed by atoms with Gasteiger partial charge in [-0.05, 0) is 50.5 Å². The molecule has 21 heavy (non-hydrogen) atoms.